The topological polar surface area (TPSA) is 120 Å². The van der Waals surface area contributed by atoms with E-state index in [1.807, 2.05) is 32.6 Å². The first kappa shape index (κ1) is 30.0. The van der Waals surface area contributed by atoms with Gasteiger partial charge >= 0.3 is 5.97 Å². The molecule has 1 atom stereocenters. The van der Waals surface area contributed by atoms with Gasteiger partial charge in [0, 0.05) is 36.9 Å². The molecule has 0 aromatic carbocycles. The quantitative estimate of drug-likeness (QED) is 0.434. The highest BCUT2D eigenvalue weighted by Gasteiger charge is 2.52. The third kappa shape index (κ3) is 6.37. The van der Waals surface area contributed by atoms with Crippen LogP contribution in [-0.4, -0.2) is 69.2 Å². The summed E-state index contributed by atoms with van der Waals surface area (Å²) in [5.74, 6) is -0.560. The van der Waals surface area contributed by atoms with E-state index < -0.39 is 41.4 Å². The number of ether oxygens (including phenoxy) is 2. The van der Waals surface area contributed by atoms with Crippen molar-refractivity contribution in [1.29, 1.82) is 0 Å². The Labute approximate surface area is 217 Å². The van der Waals surface area contributed by atoms with Crippen LogP contribution in [0.2, 0.25) is 0 Å². The van der Waals surface area contributed by atoms with Gasteiger partial charge in [0.15, 0.2) is 29.9 Å². The molecule has 0 unspecified atom stereocenters. The van der Waals surface area contributed by atoms with Gasteiger partial charge in [-0.15, -0.1) is 0 Å². The molecule has 12 heteroatoms. The lowest BCUT2D eigenvalue weighted by atomic mass is 10.00. The van der Waals surface area contributed by atoms with Gasteiger partial charge in [0.2, 0.25) is 0 Å². The summed E-state index contributed by atoms with van der Waals surface area (Å²) in [4.78, 5) is 19.7. The Morgan fingerprint density at radius 3 is 1.91 bits per heavy atom. The molecule has 1 fully saturated rings. The van der Waals surface area contributed by atoms with Crippen LogP contribution in [0.1, 0.15) is 70.5 Å². The van der Waals surface area contributed by atoms with E-state index in [9.17, 15) is 21.6 Å². The van der Waals surface area contributed by atoms with E-state index in [0.29, 0.717) is 27.1 Å². The number of nitrogens with zero attached hydrogens (tertiary/aromatic N) is 2. The van der Waals surface area contributed by atoms with Gasteiger partial charge in [-0.2, -0.15) is 0 Å². The van der Waals surface area contributed by atoms with Crippen LogP contribution in [0.25, 0.3) is 0 Å². The van der Waals surface area contributed by atoms with Gasteiger partial charge in [0.25, 0.3) is 0 Å². The Bertz CT molecular complexity index is 1150. The third-order valence-electron chi connectivity index (χ3n) is 6.00. The number of hydrogen-bond donors (Lipinski definition) is 0. The number of rotatable bonds is 7. The van der Waals surface area contributed by atoms with Crippen molar-refractivity contribution in [2.45, 2.75) is 83.2 Å². The minimum Gasteiger partial charge on any atom is -0.461 e. The predicted octanol–water partition coefficient (Wildman–Crippen LogP) is 3.65. The van der Waals surface area contributed by atoms with Crippen molar-refractivity contribution in [3.05, 3.63) is 21.4 Å². The van der Waals surface area contributed by atoms with Crippen LogP contribution >= 0.6 is 15.9 Å². The molecule has 9 nitrogen and oxygen atoms in total. The summed E-state index contributed by atoms with van der Waals surface area (Å²) in [5.41, 5.74) is 1.69. The van der Waals surface area contributed by atoms with Crippen LogP contribution in [0, 0.1) is 13.8 Å². The molecule has 0 aliphatic carbocycles. The predicted molar refractivity (Wildman–Crippen MR) is 140 cm³/mol. The Morgan fingerprint density at radius 2 is 1.51 bits per heavy atom. The molecule has 0 amide bonds. The van der Waals surface area contributed by atoms with Crippen LogP contribution in [0.3, 0.4) is 0 Å². The van der Waals surface area contributed by atoms with Crippen molar-refractivity contribution in [1.82, 2.24) is 4.98 Å². The Morgan fingerprint density at radius 1 is 1.03 bits per heavy atom. The summed E-state index contributed by atoms with van der Waals surface area (Å²) < 4.78 is 60.9. The number of anilines is 1. The van der Waals surface area contributed by atoms with E-state index >= 15 is 0 Å². The molecule has 1 aromatic heterocycles. The van der Waals surface area contributed by atoms with Crippen LogP contribution < -0.4 is 4.90 Å². The van der Waals surface area contributed by atoms with Gasteiger partial charge in [-0.1, -0.05) is 0 Å². The number of aromatic nitrogens is 1. The number of esters is 1. The van der Waals surface area contributed by atoms with Gasteiger partial charge in [-0.3, -0.25) is 4.98 Å². The number of aryl methyl sites for hydroxylation is 2. The highest BCUT2D eigenvalue weighted by atomic mass is 79.9. The Hall–Kier alpha value is -1.24. The van der Waals surface area contributed by atoms with Crippen molar-refractivity contribution in [2.24, 2.45) is 0 Å². The lowest BCUT2D eigenvalue weighted by Gasteiger charge is -2.41. The van der Waals surface area contributed by atoms with Crippen molar-refractivity contribution in [3.63, 3.8) is 0 Å². The van der Waals surface area contributed by atoms with Crippen LogP contribution in [-0.2, 0) is 33.9 Å². The zero-order valence-electron chi connectivity index (χ0n) is 21.9. The Balaban J connectivity index is 2.67. The first-order chi connectivity index (χ1) is 15.7. The SMILES string of the molecule is Cc1nc(C)c([C@H](OC(C)(C)C)C(=O)OC(C)C)c(N2CCC(S(C)(=O)=O)(S(C)(=O)=O)CC2)c1Br. The summed E-state index contributed by atoms with van der Waals surface area (Å²) in [6, 6.07) is 0. The van der Waals surface area contributed by atoms with Gasteiger partial charge in [0.05, 0.1) is 27.6 Å². The van der Waals surface area contributed by atoms with Crippen molar-refractivity contribution >= 4 is 47.3 Å². The fraction of sp³-hybridized carbons (Fsp3) is 0.739. The van der Waals surface area contributed by atoms with Crippen LogP contribution in [0.4, 0.5) is 5.69 Å². The van der Waals surface area contributed by atoms with E-state index in [2.05, 4.69) is 20.9 Å². The fourth-order valence-electron chi connectivity index (χ4n) is 4.40. The van der Waals surface area contributed by atoms with Crippen molar-refractivity contribution in [3.8, 4) is 0 Å². The molecular weight excluding hydrogens is 560 g/mol. The molecule has 35 heavy (non-hydrogen) atoms. The number of carbonyl (C=O) groups is 1. The maximum atomic E-state index is 13.2. The maximum Gasteiger partial charge on any atom is 0.340 e. The zero-order chi connectivity index (χ0) is 27.1. The summed E-state index contributed by atoms with van der Waals surface area (Å²) in [5, 5.41) is 0. The summed E-state index contributed by atoms with van der Waals surface area (Å²) in [6.07, 6.45) is 0.297. The molecular formula is C23H37BrN2O7S2. The first-order valence-electron chi connectivity index (χ1n) is 11.4. The average Bonchev–Trinajstić information content (AvgIpc) is 2.66. The van der Waals surface area contributed by atoms with Crippen molar-refractivity contribution < 1.29 is 31.1 Å². The first-order valence-corrected chi connectivity index (χ1v) is 16.0. The van der Waals surface area contributed by atoms with E-state index in [-0.39, 0.29) is 32.0 Å². The van der Waals surface area contributed by atoms with Crippen LogP contribution in [0.15, 0.2) is 4.47 Å². The summed E-state index contributed by atoms with van der Waals surface area (Å²) in [7, 11) is -7.78. The third-order valence-corrected chi connectivity index (χ3v) is 12.3. The minimum absolute atomic E-state index is 0.0990. The van der Waals surface area contributed by atoms with E-state index in [1.54, 1.807) is 20.8 Å². The molecule has 0 radical (unpaired) electrons. The van der Waals surface area contributed by atoms with Gasteiger partial charge < -0.3 is 14.4 Å². The average molecular weight is 598 g/mol. The normalized spacial score (nSPS) is 18.0. The van der Waals surface area contributed by atoms with Crippen LogP contribution in [0.5, 0.6) is 0 Å². The highest BCUT2D eigenvalue weighted by molar-refractivity contribution is 9.10. The molecule has 1 saturated heterocycles. The van der Waals surface area contributed by atoms with Gasteiger partial charge in [-0.05, 0) is 77.2 Å². The fourth-order valence-corrected chi connectivity index (χ4v) is 9.01. The number of hydrogen-bond acceptors (Lipinski definition) is 9. The molecule has 0 bridgehead atoms. The summed E-state index contributed by atoms with van der Waals surface area (Å²) in [6.45, 7) is 12.9. The number of pyridine rings is 1. The van der Waals surface area contributed by atoms with Gasteiger partial charge in [-0.25, -0.2) is 21.6 Å². The number of carbonyl (C=O) groups excluding carboxylic acids is 1. The zero-order valence-corrected chi connectivity index (χ0v) is 25.1. The molecule has 1 aromatic rings. The van der Waals surface area contributed by atoms with E-state index in [0.717, 1.165) is 12.5 Å². The second-order valence-electron chi connectivity index (χ2n) is 10.4. The largest absolute Gasteiger partial charge is 0.461 e. The number of halogens is 1. The molecule has 0 spiro atoms. The smallest absolute Gasteiger partial charge is 0.340 e. The van der Waals surface area contributed by atoms with Crippen molar-refractivity contribution in [2.75, 3.05) is 30.5 Å². The molecule has 1 aliphatic rings. The number of sulfone groups is 2. The highest BCUT2D eigenvalue weighted by Crippen LogP contribution is 2.44. The number of piperidine rings is 1. The molecule has 2 rings (SSSR count). The molecule has 0 saturated carbocycles. The monoisotopic (exact) mass is 596 g/mol. The molecule has 200 valence electrons. The Kier molecular flexibility index (Phi) is 8.79. The lowest BCUT2D eigenvalue weighted by molar-refractivity contribution is -0.171. The standard InChI is InChI=1S/C23H37BrN2O7S2/c1-14(2)32-21(27)20(33-22(5,6)7)17-15(3)25-16(4)18(24)19(17)26-12-10-23(11-13-26,34(8,28)29)35(9,30)31/h14,20H,10-13H2,1-9H3/t20-/m0/s1. The molecule has 0 N–H and O–H groups in total. The summed E-state index contributed by atoms with van der Waals surface area (Å²) >= 11 is 3.61. The second-order valence-corrected chi connectivity index (χ2v) is 16.1. The second kappa shape index (κ2) is 10.3. The lowest BCUT2D eigenvalue weighted by Crippen LogP contribution is -2.53. The minimum atomic E-state index is -3.89. The van der Waals surface area contributed by atoms with Gasteiger partial charge in [0.1, 0.15) is 0 Å². The molecule has 2 heterocycles. The maximum absolute atomic E-state index is 13.2. The van der Waals surface area contributed by atoms with E-state index in [4.69, 9.17) is 9.47 Å². The molecule has 1 aliphatic heterocycles. The van der Waals surface area contributed by atoms with E-state index in [1.165, 1.54) is 0 Å².